The van der Waals surface area contributed by atoms with E-state index in [1.165, 1.54) is 0 Å². The van der Waals surface area contributed by atoms with E-state index in [1.54, 1.807) is 18.5 Å². The van der Waals surface area contributed by atoms with Gasteiger partial charge in [-0.05, 0) is 26.2 Å². The standard InChI is InChI=1S/C12H21N3O3/c1-8(2)7-18-12(17)11-10(4)15(14-13-11)6-5-9(3)16/h8-9,16H,5-7H2,1-4H3. The minimum absolute atomic E-state index is 0.251. The van der Waals surface area contributed by atoms with Gasteiger partial charge in [0.05, 0.1) is 18.4 Å². The lowest BCUT2D eigenvalue weighted by Gasteiger charge is -2.07. The van der Waals surface area contributed by atoms with Gasteiger partial charge in [0.2, 0.25) is 0 Å². The third-order valence-electron chi connectivity index (χ3n) is 2.48. The van der Waals surface area contributed by atoms with Gasteiger partial charge in [0.25, 0.3) is 0 Å². The summed E-state index contributed by atoms with van der Waals surface area (Å²) in [6.45, 7) is 8.34. The number of esters is 1. The van der Waals surface area contributed by atoms with E-state index in [2.05, 4.69) is 10.3 Å². The van der Waals surface area contributed by atoms with Gasteiger partial charge in [-0.15, -0.1) is 5.10 Å². The topological polar surface area (TPSA) is 77.2 Å². The molecule has 0 saturated carbocycles. The van der Waals surface area contributed by atoms with Crippen molar-refractivity contribution in [1.29, 1.82) is 0 Å². The fourth-order valence-corrected chi connectivity index (χ4v) is 1.38. The van der Waals surface area contributed by atoms with Crippen molar-refractivity contribution in [2.45, 2.75) is 46.8 Å². The molecule has 0 fully saturated rings. The van der Waals surface area contributed by atoms with E-state index in [-0.39, 0.29) is 5.69 Å². The largest absolute Gasteiger partial charge is 0.461 e. The summed E-state index contributed by atoms with van der Waals surface area (Å²) in [6, 6.07) is 0. The minimum atomic E-state index is -0.440. The van der Waals surface area contributed by atoms with Crippen LogP contribution in [0.25, 0.3) is 0 Å². The summed E-state index contributed by atoms with van der Waals surface area (Å²) in [7, 11) is 0. The van der Waals surface area contributed by atoms with Crippen molar-refractivity contribution in [2.24, 2.45) is 5.92 Å². The van der Waals surface area contributed by atoms with Crippen molar-refractivity contribution in [3.63, 3.8) is 0 Å². The number of aliphatic hydroxyl groups is 1. The molecule has 1 atom stereocenters. The molecule has 1 aromatic heterocycles. The van der Waals surface area contributed by atoms with Crippen molar-refractivity contribution in [2.75, 3.05) is 6.61 Å². The molecular weight excluding hydrogens is 234 g/mol. The second kappa shape index (κ2) is 6.49. The van der Waals surface area contributed by atoms with Crippen molar-refractivity contribution in [3.05, 3.63) is 11.4 Å². The normalized spacial score (nSPS) is 12.8. The highest BCUT2D eigenvalue weighted by molar-refractivity contribution is 5.88. The Morgan fingerprint density at radius 3 is 2.67 bits per heavy atom. The molecule has 0 amide bonds. The summed E-state index contributed by atoms with van der Waals surface area (Å²) in [5.41, 5.74) is 0.922. The number of hydrogen-bond donors (Lipinski definition) is 1. The van der Waals surface area contributed by atoms with Crippen molar-refractivity contribution >= 4 is 5.97 Å². The molecule has 0 radical (unpaired) electrons. The van der Waals surface area contributed by atoms with E-state index in [1.807, 2.05) is 13.8 Å². The Morgan fingerprint density at radius 2 is 2.11 bits per heavy atom. The lowest BCUT2D eigenvalue weighted by atomic mass is 10.2. The Morgan fingerprint density at radius 1 is 1.44 bits per heavy atom. The maximum atomic E-state index is 11.7. The second-order valence-electron chi connectivity index (χ2n) is 4.88. The number of nitrogens with zero attached hydrogens (tertiary/aromatic N) is 3. The molecule has 0 aliphatic carbocycles. The molecular formula is C12H21N3O3. The number of carbonyl (C=O) groups excluding carboxylic acids is 1. The van der Waals surface area contributed by atoms with Gasteiger partial charge in [-0.2, -0.15) is 0 Å². The molecule has 1 N–H and O–H groups in total. The molecule has 6 heteroatoms. The molecule has 0 aliphatic rings. The predicted molar refractivity (Wildman–Crippen MR) is 66.2 cm³/mol. The third-order valence-corrected chi connectivity index (χ3v) is 2.48. The molecule has 0 spiro atoms. The number of rotatable bonds is 6. The van der Waals surface area contributed by atoms with Gasteiger partial charge in [-0.25, -0.2) is 9.48 Å². The first-order valence-corrected chi connectivity index (χ1v) is 6.17. The molecule has 1 rings (SSSR count). The quantitative estimate of drug-likeness (QED) is 0.772. The molecule has 18 heavy (non-hydrogen) atoms. The van der Waals surface area contributed by atoms with E-state index in [0.717, 1.165) is 0 Å². The first-order chi connectivity index (χ1) is 8.41. The number of carbonyl (C=O) groups is 1. The van der Waals surface area contributed by atoms with Gasteiger partial charge in [0.1, 0.15) is 0 Å². The first-order valence-electron chi connectivity index (χ1n) is 6.17. The van der Waals surface area contributed by atoms with Crippen LogP contribution < -0.4 is 0 Å². The lowest BCUT2D eigenvalue weighted by molar-refractivity contribution is 0.0451. The Balaban J connectivity index is 2.64. The van der Waals surface area contributed by atoms with E-state index >= 15 is 0 Å². The van der Waals surface area contributed by atoms with Gasteiger partial charge in [0, 0.05) is 6.54 Å². The van der Waals surface area contributed by atoms with Gasteiger partial charge in [-0.3, -0.25) is 0 Å². The fourth-order valence-electron chi connectivity index (χ4n) is 1.38. The maximum Gasteiger partial charge on any atom is 0.360 e. The van der Waals surface area contributed by atoms with Crippen LogP contribution in [0.15, 0.2) is 0 Å². The number of hydrogen-bond acceptors (Lipinski definition) is 5. The van der Waals surface area contributed by atoms with Gasteiger partial charge < -0.3 is 9.84 Å². The summed E-state index contributed by atoms with van der Waals surface area (Å²) >= 11 is 0. The molecule has 1 aromatic rings. The van der Waals surface area contributed by atoms with Crippen LogP contribution in [0.3, 0.4) is 0 Å². The Bertz CT molecular complexity index is 399. The van der Waals surface area contributed by atoms with Crippen LogP contribution in [-0.2, 0) is 11.3 Å². The number of aryl methyl sites for hydroxylation is 1. The highest BCUT2D eigenvalue weighted by Gasteiger charge is 2.18. The SMILES string of the molecule is Cc1c(C(=O)OCC(C)C)nnn1CCC(C)O. The van der Waals surface area contributed by atoms with E-state index in [9.17, 15) is 9.90 Å². The molecule has 0 aliphatic heterocycles. The zero-order valence-corrected chi connectivity index (χ0v) is 11.4. The summed E-state index contributed by atoms with van der Waals surface area (Å²) in [5, 5.41) is 16.9. The summed E-state index contributed by atoms with van der Waals surface area (Å²) in [6.07, 6.45) is 0.176. The molecule has 0 bridgehead atoms. The third kappa shape index (κ3) is 4.10. The van der Waals surface area contributed by atoms with Crippen LogP contribution in [0.1, 0.15) is 43.4 Å². The smallest absolute Gasteiger partial charge is 0.360 e. The van der Waals surface area contributed by atoms with E-state index in [4.69, 9.17) is 4.74 Å². The summed E-state index contributed by atoms with van der Waals surface area (Å²) in [5.74, 6) is -0.149. The molecule has 6 nitrogen and oxygen atoms in total. The Labute approximate surface area is 107 Å². The molecule has 1 unspecified atom stereocenters. The van der Waals surface area contributed by atoms with Crippen LogP contribution >= 0.6 is 0 Å². The molecule has 102 valence electrons. The number of ether oxygens (including phenoxy) is 1. The zero-order chi connectivity index (χ0) is 13.7. The molecule has 1 heterocycles. The summed E-state index contributed by atoms with van der Waals surface area (Å²) < 4.78 is 6.71. The average molecular weight is 255 g/mol. The Hall–Kier alpha value is -1.43. The van der Waals surface area contributed by atoms with Crippen molar-refractivity contribution < 1.29 is 14.6 Å². The van der Waals surface area contributed by atoms with Crippen LogP contribution in [0.2, 0.25) is 0 Å². The van der Waals surface area contributed by atoms with Crippen LogP contribution in [0, 0.1) is 12.8 Å². The fraction of sp³-hybridized carbons (Fsp3) is 0.750. The zero-order valence-electron chi connectivity index (χ0n) is 11.4. The van der Waals surface area contributed by atoms with E-state index in [0.29, 0.717) is 31.2 Å². The summed E-state index contributed by atoms with van der Waals surface area (Å²) in [4.78, 5) is 11.7. The monoisotopic (exact) mass is 255 g/mol. The number of aliphatic hydroxyl groups excluding tert-OH is 1. The van der Waals surface area contributed by atoms with Crippen molar-refractivity contribution in [3.8, 4) is 0 Å². The van der Waals surface area contributed by atoms with E-state index < -0.39 is 12.1 Å². The number of aromatic nitrogens is 3. The van der Waals surface area contributed by atoms with Gasteiger partial charge >= 0.3 is 5.97 Å². The highest BCUT2D eigenvalue weighted by Crippen LogP contribution is 2.08. The Kier molecular flexibility index (Phi) is 5.27. The molecule has 0 saturated heterocycles. The predicted octanol–water partition coefficient (Wildman–Crippen LogP) is 1.17. The first kappa shape index (κ1) is 14.6. The van der Waals surface area contributed by atoms with Crippen LogP contribution in [-0.4, -0.2) is 38.8 Å². The highest BCUT2D eigenvalue weighted by atomic mass is 16.5. The second-order valence-corrected chi connectivity index (χ2v) is 4.88. The maximum absolute atomic E-state index is 11.7. The van der Waals surface area contributed by atoms with Crippen LogP contribution in [0.5, 0.6) is 0 Å². The van der Waals surface area contributed by atoms with Gasteiger partial charge in [0.15, 0.2) is 5.69 Å². The van der Waals surface area contributed by atoms with Crippen LogP contribution in [0.4, 0.5) is 0 Å². The molecule has 0 aromatic carbocycles. The van der Waals surface area contributed by atoms with Gasteiger partial charge in [-0.1, -0.05) is 19.1 Å². The average Bonchev–Trinajstić information content (AvgIpc) is 2.65. The minimum Gasteiger partial charge on any atom is -0.461 e. The lowest BCUT2D eigenvalue weighted by Crippen LogP contribution is -2.13. The van der Waals surface area contributed by atoms with Crippen molar-refractivity contribution in [1.82, 2.24) is 15.0 Å².